The van der Waals surface area contributed by atoms with Crippen LogP contribution in [0.5, 0.6) is 0 Å². The minimum absolute atomic E-state index is 0.453. The summed E-state index contributed by atoms with van der Waals surface area (Å²) >= 11 is 0. The lowest BCUT2D eigenvalue weighted by Gasteiger charge is -2.06. The highest BCUT2D eigenvalue weighted by Crippen LogP contribution is 2.27. The fraction of sp³-hybridized carbons (Fsp3) is 0. The number of hydrogen-bond donors (Lipinski definition) is 0. The van der Waals surface area contributed by atoms with E-state index in [4.69, 9.17) is 0 Å². The molecule has 0 unspecified atom stereocenters. The fourth-order valence-corrected chi connectivity index (χ4v) is 2.04. The zero-order chi connectivity index (χ0) is 11.7. The van der Waals surface area contributed by atoms with E-state index < -0.39 is 0 Å². The monoisotopic (exact) mass is 222 g/mol. The van der Waals surface area contributed by atoms with Crippen LogP contribution in [0.25, 0.3) is 16.6 Å². The van der Waals surface area contributed by atoms with Crippen LogP contribution in [0.1, 0.15) is 0 Å². The number of hydrogen-bond acceptors (Lipinski definition) is 2. The molecule has 3 rings (SSSR count). The van der Waals surface area contributed by atoms with Crippen LogP contribution in [0.3, 0.4) is 0 Å². The average Bonchev–Trinajstić information content (AvgIpc) is 2.82. The molecule has 0 aliphatic rings. The van der Waals surface area contributed by atoms with E-state index >= 15 is 0 Å². The van der Waals surface area contributed by atoms with E-state index in [1.165, 1.54) is 0 Å². The van der Waals surface area contributed by atoms with Crippen LogP contribution in [-0.2, 0) is 0 Å². The molecule has 1 aromatic heterocycles. The first-order valence-corrected chi connectivity index (χ1v) is 5.39. The van der Waals surface area contributed by atoms with Crippen molar-refractivity contribution < 1.29 is 0 Å². The molecule has 3 heteroatoms. The van der Waals surface area contributed by atoms with Gasteiger partial charge in [-0.15, -0.1) is 4.91 Å². The van der Waals surface area contributed by atoms with E-state index in [9.17, 15) is 4.91 Å². The van der Waals surface area contributed by atoms with Crippen molar-refractivity contribution in [3.63, 3.8) is 0 Å². The summed E-state index contributed by atoms with van der Waals surface area (Å²) < 4.78 is 1.98. The summed E-state index contributed by atoms with van der Waals surface area (Å²) in [6, 6.07) is 17.4. The first-order valence-electron chi connectivity index (χ1n) is 5.39. The molecule has 3 nitrogen and oxygen atoms in total. The molecule has 0 aliphatic heterocycles. The molecule has 2 aromatic carbocycles. The molecule has 0 bridgehead atoms. The van der Waals surface area contributed by atoms with Gasteiger partial charge < -0.3 is 4.57 Å². The Morgan fingerprint density at radius 2 is 1.65 bits per heavy atom. The molecular weight excluding hydrogens is 212 g/mol. The van der Waals surface area contributed by atoms with Gasteiger partial charge in [-0.05, 0) is 34.8 Å². The minimum Gasteiger partial charge on any atom is -0.314 e. The lowest BCUT2D eigenvalue weighted by atomic mass is 10.2. The molecule has 1 heterocycles. The van der Waals surface area contributed by atoms with Crippen molar-refractivity contribution in [2.75, 3.05) is 0 Å². The van der Waals surface area contributed by atoms with E-state index in [-0.39, 0.29) is 0 Å². The molecule has 0 amide bonds. The Balaban J connectivity index is 2.31. The van der Waals surface area contributed by atoms with Gasteiger partial charge in [-0.3, -0.25) is 0 Å². The quantitative estimate of drug-likeness (QED) is 0.603. The van der Waals surface area contributed by atoms with Gasteiger partial charge >= 0.3 is 0 Å². The Morgan fingerprint density at radius 3 is 2.53 bits per heavy atom. The predicted molar refractivity (Wildman–Crippen MR) is 68.7 cm³/mol. The summed E-state index contributed by atoms with van der Waals surface area (Å²) in [5, 5.41) is 4.21. The highest BCUT2D eigenvalue weighted by molar-refractivity contribution is 5.83. The maximum atomic E-state index is 10.8. The van der Waals surface area contributed by atoms with Crippen LogP contribution in [0.2, 0.25) is 0 Å². The molecule has 0 radical (unpaired) electrons. The van der Waals surface area contributed by atoms with Crippen LogP contribution in [-0.4, -0.2) is 4.57 Å². The molecule has 0 aliphatic carbocycles. The molecule has 0 fully saturated rings. The molecule has 0 saturated heterocycles. The summed E-state index contributed by atoms with van der Waals surface area (Å²) in [6.07, 6.45) is 1.95. The van der Waals surface area contributed by atoms with Crippen molar-refractivity contribution in [3.05, 3.63) is 65.7 Å². The number of benzene rings is 2. The van der Waals surface area contributed by atoms with Gasteiger partial charge in [0.05, 0.1) is 11.2 Å². The third kappa shape index (κ3) is 1.52. The number of nitroso groups, excluding NO2 is 1. The summed E-state index contributed by atoms with van der Waals surface area (Å²) in [6.45, 7) is 0. The van der Waals surface area contributed by atoms with Crippen molar-refractivity contribution in [2.45, 2.75) is 0 Å². The van der Waals surface area contributed by atoms with Gasteiger partial charge in [-0.1, -0.05) is 30.3 Å². The summed E-state index contributed by atoms with van der Waals surface area (Å²) in [5.74, 6) is 0. The second-order valence-corrected chi connectivity index (χ2v) is 3.82. The standard InChI is InChI=1S/C14H10N2O/c17-15-12-6-2-4-8-14(12)16-10-9-11-5-1-3-7-13(11)16/h1-10H. The van der Waals surface area contributed by atoms with Gasteiger partial charge in [0.15, 0.2) is 0 Å². The molecule has 0 N–H and O–H groups in total. The third-order valence-electron chi connectivity index (χ3n) is 2.84. The van der Waals surface area contributed by atoms with Crippen molar-refractivity contribution in [2.24, 2.45) is 5.18 Å². The van der Waals surface area contributed by atoms with Crippen LogP contribution in [0.4, 0.5) is 5.69 Å². The summed E-state index contributed by atoms with van der Waals surface area (Å²) in [5.41, 5.74) is 2.33. The second kappa shape index (κ2) is 3.87. The van der Waals surface area contributed by atoms with Crippen molar-refractivity contribution in [1.29, 1.82) is 0 Å². The topological polar surface area (TPSA) is 34.4 Å². The van der Waals surface area contributed by atoms with E-state index in [0.717, 1.165) is 16.6 Å². The molecule has 0 spiro atoms. The minimum atomic E-state index is 0.453. The average molecular weight is 222 g/mol. The van der Waals surface area contributed by atoms with Gasteiger partial charge in [0.1, 0.15) is 5.69 Å². The maximum absolute atomic E-state index is 10.8. The fourth-order valence-electron chi connectivity index (χ4n) is 2.04. The smallest absolute Gasteiger partial charge is 0.131 e. The first-order chi connectivity index (χ1) is 8.40. The Morgan fingerprint density at radius 1 is 0.882 bits per heavy atom. The van der Waals surface area contributed by atoms with Crippen LogP contribution < -0.4 is 0 Å². The normalized spacial score (nSPS) is 10.6. The summed E-state index contributed by atoms with van der Waals surface area (Å²) in [4.78, 5) is 10.8. The van der Waals surface area contributed by atoms with Gasteiger partial charge in [0, 0.05) is 6.20 Å². The molecule has 3 aromatic rings. The van der Waals surface area contributed by atoms with Gasteiger partial charge in [0.2, 0.25) is 0 Å². The van der Waals surface area contributed by atoms with Crippen LogP contribution in [0, 0.1) is 4.91 Å². The van der Waals surface area contributed by atoms with Crippen LogP contribution in [0.15, 0.2) is 66.0 Å². The molecular formula is C14H10N2O. The number of rotatable bonds is 2. The number of nitrogens with zero attached hydrogens (tertiary/aromatic N) is 2. The van der Waals surface area contributed by atoms with Gasteiger partial charge in [0.25, 0.3) is 0 Å². The van der Waals surface area contributed by atoms with E-state index in [2.05, 4.69) is 5.18 Å². The number of aromatic nitrogens is 1. The molecule has 0 saturated carbocycles. The predicted octanol–water partition coefficient (Wildman–Crippen LogP) is 4.03. The van der Waals surface area contributed by atoms with Crippen molar-refractivity contribution in [3.8, 4) is 5.69 Å². The van der Waals surface area contributed by atoms with E-state index in [0.29, 0.717) is 5.69 Å². The van der Waals surface area contributed by atoms with Crippen molar-refractivity contribution in [1.82, 2.24) is 4.57 Å². The zero-order valence-electron chi connectivity index (χ0n) is 9.08. The highest BCUT2D eigenvalue weighted by atomic mass is 16.3. The molecule has 0 atom stereocenters. The lowest BCUT2D eigenvalue weighted by Crippen LogP contribution is -1.91. The van der Waals surface area contributed by atoms with Gasteiger partial charge in [-0.2, -0.15) is 0 Å². The Kier molecular flexibility index (Phi) is 2.22. The van der Waals surface area contributed by atoms with Crippen LogP contribution >= 0.6 is 0 Å². The highest BCUT2D eigenvalue weighted by Gasteiger charge is 2.06. The van der Waals surface area contributed by atoms with E-state index in [1.807, 2.05) is 59.3 Å². The van der Waals surface area contributed by atoms with Gasteiger partial charge in [-0.25, -0.2) is 0 Å². The number of para-hydroxylation sites is 2. The Labute approximate surface area is 98.3 Å². The zero-order valence-corrected chi connectivity index (χ0v) is 9.08. The first kappa shape index (κ1) is 9.78. The number of fused-ring (bicyclic) bond motifs is 1. The Hall–Kier alpha value is -2.42. The summed E-state index contributed by atoms with van der Waals surface area (Å²) in [7, 11) is 0. The lowest BCUT2D eigenvalue weighted by molar-refractivity contribution is 1.12. The maximum Gasteiger partial charge on any atom is 0.131 e. The SMILES string of the molecule is O=Nc1ccccc1-n1ccc2ccccc21. The molecule has 17 heavy (non-hydrogen) atoms. The third-order valence-corrected chi connectivity index (χ3v) is 2.84. The molecule has 82 valence electrons. The largest absolute Gasteiger partial charge is 0.314 e. The Bertz CT molecular complexity index is 685. The second-order valence-electron chi connectivity index (χ2n) is 3.82. The van der Waals surface area contributed by atoms with E-state index in [1.54, 1.807) is 6.07 Å². The van der Waals surface area contributed by atoms with Crippen molar-refractivity contribution >= 4 is 16.6 Å².